The number of anilines is 1. The van der Waals surface area contributed by atoms with Gasteiger partial charge in [0, 0.05) is 38.5 Å². The van der Waals surface area contributed by atoms with E-state index in [1.54, 1.807) is 30.6 Å². The van der Waals surface area contributed by atoms with Crippen molar-refractivity contribution in [1.82, 2.24) is 24.8 Å². The first-order valence-corrected chi connectivity index (χ1v) is 12.7. The number of benzene rings is 2. The lowest BCUT2D eigenvalue weighted by Crippen LogP contribution is -2.50. The van der Waals surface area contributed by atoms with Crippen molar-refractivity contribution in [2.75, 3.05) is 44.2 Å². The van der Waals surface area contributed by atoms with E-state index in [-0.39, 0.29) is 23.6 Å². The second kappa shape index (κ2) is 10.9. The number of β-amino-alcohol motifs (C(OH)–C–C–N with tert-alkyl or cyclic N) is 1. The van der Waals surface area contributed by atoms with Crippen LogP contribution in [0.3, 0.4) is 0 Å². The standard InChI is InChI=1S/C25H27F2N7OS/c26-18-5-1-16(2-6-18)22(17-3-7-19(27)8-4-17)34-11-9-33(10-12-34)13-20(35)14-36-24-21-23(30-15-29-21)31-25(28)32-24/h1-8,15,20,22,35H,9-14H2,(H3,28,29,30,31,32)/p+1. The number of nitrogens with zero attached hydrogens (tertiary/aromatic N) is 4. The lowest BCUT2D eigenvalue weighted by molar-refractivity contribution is -0.410. The first kappa shape index (κ1) is 24.6. The molecule has 2 aromatic heterocycles. The molecule has 1 aliphatic rings. The minimum Gasteiger partial charge on any atom is -0.391 e. The predicted octanol–water partition coefficient (Wildman–Crippen LogP) is 2.49. The van der Waals surface area contributed by atoms with Crippen molar-refractivity contribution < 1.29 is 18.9 Å². The van der Waals surface area contributed by atoms with Gasteiger partial charge in [0.1, 0.15) is 17.2 Å². The zero-order valence-electron chi connectivity index (χ0n) is 19.6. The van der Waals surface area contributed by atoms with Gasteiger partial charge in [-0.3, -0.25) is 15.5 Å². The van der Waals surface area contributed by atoms with Gasteiger partial charge < -0.3 is 10.1 Å². The lowest BCUT2D eigenvalue weighted by atomic mass is 9.96. The van der Waals surface area contributed by atoms with E-state index in [9.17, 15) is 13.9 Å². The Morgan fingerprint density at radius 3 is 2.22 bits per heavy atom. The van der Waals surface area contributed by atoms with Gasteiger partial charge >= 0.3 is 5.95 Å². The molecule has 5 N–H and O–H groups in total. The second-order valence-electron chi connectivity index (χ2n) is 8.86. The van der Waals surface area contributed by atoms with Crippen LogP contribution in [0.2, 0.25) is 0 Å². The van der Waals surface area contributed by atoms with E-state index in [1.165, 1.54) is 36.0 Å². The van der Waals surface area contributed by atoms with Gasteiger partial charge in [0.25, 0.3) is 5.65 Å². The number of hydrogen-bond acceptors (Lipinski definition) is 7. The molecule has 0 spiro atoms. The molecule has 0 bridgehead atoms. The van der Waals surface area contributed by atoms with E-state index >= 15 is 0 Å². The van der Waals surface area contributed by atoms with Crippen LogP contribution in [0, 0.1) is 11.6 Å². The van der Waals surface area contributed by atoms with E-state index in [4.69, 9.17) is 5.73 Å². The van der Waals surface area contributed by atoms with Crippen molar-refractivity contribution in [3.8, 4) is 0 Å². The number of imidazole rings is 1. The number of aliphatic hydroxyl groups excluding tert-OH is 1. The molecule has 1 atom stereocenters. The summed E-state index contributed by atoms with van der Waals surface area (Å²) in [5.41, 5.74) is 9.06. The number of aliphatic hydroxyl groups is 1. The summed E-state index contributed by atoms with van der Waals surface area (Å²) in [6.07, 6.45) is 1.03. The summed E-state index contributed by atoms with van der Waals surface area (Å²) in [5.74, 6) is 0.198. The normalized spacial score (nSPS) is 16.1. The van der Waals surface area contributed by atoms with Crippen LogP contribution >= 0.6 is 11.8 Å². The molecule has 1 fully saturated rings. The van der Waals surface area contributed by atoms with Crippen LogP contribution in [0.1, 0.15) is 17.2 Å². The number of rotatable bonds is 8. The van der Waals surface area contributed by atoms with Gasteiger partial charge in [0.2, 0.25) is 0 Å². The highest BCUT2D eigenvalue weighted by Crippen LogP contribution is 2.30. The maximum Gasteiger partial charge on any atom is 0.390 e. The summed E-state index contributed by atoms with van der Waals surface area (Å²) in [6.45, 7) is 3.64. The smallest absolute Gasteiger partial charge is 0.390 e. The van der Waals surface area contributed by atoms with Crippen molar-refractivity contribution in [2.24, 2.45) is 0 Å². The van der Waals surface area contributed by atoms with Crippen molar-refractivity contribution in [1.29, 1.82) is 0 Å². The minimum absolute atomic E-state index is 0.0988. The van der Waals surface area contributed by atoms with Gasteiger partial charge in [-0.1, -0.05) is 36.0 Å². The number of thioether (sulfide) groups is 1. The molecule has 3 heterocycles. The molecule has 0 amide bonds. The molecule has 1 saturated heterocycles. The van der Waals surface area contributed by atoms with Crippen molar-refractivity contribution in [2.45, 2.75) is 17.2 Å². The third kappa shape index (κ3) is 5.65. The topological polar surface area (TPSA) is 108 Å². The number of halogens is 2. The number of nitrogens with one attached hydrogen (secondary N) is 2. The Kier molecular flexibility index (Phi) is 7.42. The lowest BCUT2D eigenvalue weighted by Gasteiger charge is -2.40. The molecule has 0 radical (unpaired) electrons. The van der Waals surface area contributed by atoms with Crippen LogP contribution in [0.25, 0.3) is 11.2 Å². The summed E-state index contributed by atoms with van der Waals surface area (Å²) < 4.78 is 27.1. The molecule has 8 nitrogen and oxygen atoms in total. The first-order chi connectivity index (χ1) is 17.5. The molecule has 0 saturated carbocycles. The maximum absolute atomic E-state index is 13.6. The molecule has 4 aromatic rings. The fraction of sp³-hybridized carbons (Fsp3) is 0.320. The van der Waals surface area contributed by atoms with Crippen LogP contribution in [0.5, 0.6) is 0 Å². The number of nitrogen functional groups attached to an aromatic ring is 1. The van der Waals surface area contributed by atoms with E-state index in [0.29, 0.717) is 17.9 Å². The Bertz CT molecular complexity index is 1250. The highest BCUT2D eigenvalue weighted by atomic mass is 32.2. The molecule has 2 aromatic carbocycles. The van der Waals surface area contributed by atoms with E-state index in [2.05, 4.69) is 29.7 Å². The summed E-state index contributed by atoms with van der Waals surface area (Å²) in [5, 5.41) is 11.5. The van der Waals surface area contributed by atoms with Crippen LogP contribution < -0.4 is 10.7 Å². The van der Waals surface area contributed by atoms with Gasteiger partial charge in [-0.2, -0.15) is 0 Å². The molecule has 1 unspecified atom stereocenters. The number of piperazine rings is 1. The largest absolute Gasteiger partial charge is 0.391 e. The fourth-order valence-corrected chi connectivity index (χ4v) is 5.54. The molecular formula is C25H28F2N7OS+. The summed E-state index contributed by atoms with van der Waals surface area (Å²) >= 11 is 1.47. The van der Waals surface area contributed by atoms with Gasteiger partial charge in [0.05, 0.1) is 18.5 Å². The predicted molar refractivity (Wildman–Crippen MR) is 134 cm³/mol. The number of aromatic nitrogens is 4. The fourth-order valence-electron chi connectivity index (χ4n) is 4.61. The average Bonchev–Trinajstić information content (AvgIpc) is 3.35. The second-order valence-corrected chi connectivity index (χ2v) is 9.89. The summed E-state index contributed by atoms with van der Waals surface area (Å²) in [7, 11) is 0. The first-order valence-electron chi connectivity index (χ1n) is 11.8. The highest BCUT2D eigenvalue weighted by molar-refractivity contribution is 7.99. The van der Waals surface area contributed by atoms with Crippen LogP contribution in [-0.2, 0) is 0 Å². The Morgan fingerprint density at radius 1 is 1.00 bits per heavy atom. The number of nitrogens with two attached hydrogens (primary N) is 1. The third-order valence-electron chi connectivity index (χ3n) is 6.35. The molecule has 11 heteroatoms. The molecule has 36 heavy (non-hydrogen) atoms. The van der Waals surface area contributed by atoms with Crippen molar-refractivity contribution >= 4 is 28.9 Å². The van der Waals surface area contributed by atoms with Crippen LogP contribution in [0.4, 0.5) is 14.7 Å². The zero-order chi connectivity index (χ0) is 25.1. The minimum atomic E-state index is -0.535. The molecule has 5 rings (SSSR count). The van der Waals surface area contributed by atoms with Crippen LogP contribution in [-0.4, -0.2) is 74.4 Å². The van der Waals surface area contributed by atoms with E-state index in [1.807, 2.05) is 0 Å². The highest BCUT2D eigenvalue weighted by Gasteiger charge is 2.27. The number of hydrogen-bond donors (Lipinski definition) is 3. The Balaban J connectivity index is 1.20. The quantitative estimate of drug-likeness (QED) is 0.246. The number of fused-ring (bicyclic) bond motifs is 1. The van der Waals surface area contributed by atoms with Crippen LogP contribution in [0.15, 0.2) is 59.9 Å². The Hall–Kier alpha value is -3.12. The summed E-state index contributed by atoms with van der Waals surface area (Å²) in [4.78, 5) is 18.9. The maximum atomic E-state index is 13.6. The molecule has 1 aliphatic heterocycles. The SMILES string of the molecule is Nc1nc2nc[nH]c2c(SCC(O)CN2CCN(C(c3ccc(F)cc3)c3ccc(F)cc3)CC2)[nH+]1. The van der Waals surface area contributed by atoms with E-state index in [0.717, 1.165) is 47.8 Å². The van der Waals surface area contributed by atoms with Gasteiger partial charge in [-0.25, -0.2) is 18.7 Å². The van der Waals surface area contributed by atoms with E-state index < -0.39 is 6.10 Å². The average molecular weight is 513 g/mol. The van der Waals surface area contributed by atoms with Crippen molar-refractivity contribution in [3.05, 3.63) is 77.6 Å². The van der Waals surface area contributed by atoms with Crippen molar-refractivity contribution in [3.63, 3.8) is 0 Å². The Labute approximate surface area is 211 Å². The zero-order valence-corrected chi connectivity index (χ0v) is 20.4. The molecular weight excluding hydrogens is 484 g/mol. The number of H-pyrrole nitrogens is 2. The van der Waals surface area contributed by atoms with Gasteiger partial charge in [0.15, 0.2) is 5.03 Å². The third-order valence-corrected chi connectivity index (χ3v) is 7.49. The molecule has 188 valence electrons. The van der Waals surface area contributed by atoms with Gasteiger partial charge in [-0.15, -0.1) is 0 Å². The molecule has 0 aliphatic carbocycles. The van der Waals surface area contributed by atoms with Gasteiger partial charge in [-0.05, 0) is 40.4 Å². The Morgan fingerprint density at radius 2 is 1.61 bits per heavy atom. The summed E-state index contributed by atoms with van der Waals surface area (Å²) in [6, 6.07) is 12.9. The monoisotopic (exact) mass is 512 g/mol. The number of aromatic amines is 2.